The first-order chi connectivity index (χ1) is 21.1. The van der Waals surface area contributed by atoms with E-state index in [1.165, 1.54) is 26.8 Å². The number of fused-ring (bicyclic) bond motifs is 2. The quantitative estimate of drug-likeness (QED) is 0.210. The standard InChI is InChI=1S/C35H42O10/c1-19-26(45-27(39)14-13-24-11-9-8-10-12-24)15-16-33(6)28(19)30(42-21(3)36)25-17-35(40)20(2)29(34(25,7)18-41-35)31(43-22(4)37)32(33)44-23(5)38/h8-14,25-26,28,30-32,40H,1,15-18H2,2-7H3/b14-13+/t25-,26-,28-,30+,31+,32-,33+,34-,35-/m0/s1. The molecule has 2 heterocycles. The Morgan fingerprint density at radius 1 is 0.978 bits per heavy atom. The SMILES string of the molecule is C=C1[C@@H](OC(=O)/C=C/c2ccccc2)CC[C@@]2(C)[C@@H](OC(C)=O)[C@H](OC(C)=O)C3=C(C)[C@]4(O)C[C@@H]([C@@H](OC(C)=O)[C@H]12)[C@]3(C)CO4. The highest BCUT2D eigenvalue weighted by atomic mass is 16.6. The van der Waals surface area contributed by atoms with E-state index in [4.69, 9.17) is 23.7 Å². The summed E-state index contributed by atoms with van der Waals surface area (Å²) >= 11 is 0. The van der Waals surface area contributed by atoms with Gasteiger partial charge in [0.15, 0.2) is 11.9 Å². The Bertz CT molecular complexity index is 1460. The van der Waals surface area contributed by atoms with Gasteiger partial charge < -0.3 is 28.8 Å². The van der Waals surface area contributed by atoms with E-state index in [1.807, 2.05) is 44.2 Å². The Labute approximate surface area is 263 Å². The number of aliphatic hydroxyl groups is 1. The van der Waals surface area contributed by atoms with E-state index >= 15 is 0 Å². The van der Waals surface area contributed by atoms with Crippen molar-refractivity contribution in [3.63, 3.8) is 0 Å². The average Bonchev–Trinajstić information content (AvgIpc) is 2.96. The molecule has 2 saturated carbocycles. The predicted octanol–water partition coefficient (Wildman–Crippen LogP) is 4.45. The van der Waals surface area contributed by atoms with Gasteiger partial charge in [-0.25, -0.2) is 4.79 Å². The molecule has 1 aromatic rings. The smallest absolute Gasteiger partial charge is 0.331 e. The van der Waals surface area contributed by atoms with E-state index in [0.29, 0.717) is 29.6 Å². The number of esters is 4. The fourth-order valence-electron chi connectivity index (χ4n) is 8.25. The molecule has 3 fully saturated rings. The van der Waals surface area contributed by atoms with Crippen molar-refractivity contribution in [2.24, 2.45) is 22.7 Å². The first-order valence-electron chi connectivity index (χ1n) is 15.3. The molecule has 0 amide bonds. The van der Waals surface area contributed by atoms with Gasteiger partial charge in [0.2, 0.25) is 0 Å². The van der Waals surface area contributed by atoms with Gasteiger partial charge in [-0.1, -0.05) is 50.8 Å². The molecule has 3 aliphatic carbocycles. The third-order valence-corrected chi connectivity index (χ3v) is 10.3. The van der Waals surface area contributed by atoms with Crippen LogP contribution < -0.4 is 0 Å². The maximum Gasteiger partial charge on any atom is 0.331 e. The van der Waals surface area contributed by atoms with E-state index in [-0.39, 0.29) is 13.0 Å². The van der Waals surface area contributed by atoms with Crippen LogP contribution in [0.5, 0.6) is 0 Å². The molecule has 0 aromatic heterocycles. The van der Waals surface area contributed by atoms with Crippen LogP contribution in [-0.4, -0.2) is 65.8 Å². The molecule has 10 nitrogen and oxygen atoms in total. The van der Waals surface area contributed by atoms with Gasteiger partial charge in [-0.3, -0.25) is 14.4 Å². The Balaban J connectivity index is 1.64. The molecule has 1 N–H and O–H groups in total. The van der Waals surface area contributed by atoms with Crippen LogP contribution in [0.15, 0.2) is 59.7 Å². The van der Waals surface area contributed by atoms with Crippen LogP contribution in [0.4, 0.5) is 0 Å². The molecule has 10 heteroatoms. The molecule has 9 atom stereocenters. The summed E-state index contributed by atoms with van der Waals surface area (Å²) < 4.78 is 30.1. The zero-order valence-corrected chi connectivity index (χ0v) is 26.7. The molecule has 0 radical (unpaired) electrons. The van der Waals surface area contributed by atoms with Gasteiger partial charge in [0.1, 0.15) is 18.3 Å². The third-order valence-electron chi connectivity index (χ3n) is 10.3. The van der Waals surface area contributed by atoms with Crippen molar-refractivity contribution in [1.82, 2.24) is 0 Å². The highest BCUT2D eigenvalue weighted by Crippen LogP contribution is 2.64. The molecule has 2 aliphatic heterocycles. The average molecular weight is 623 g/mol. The first kappa shape index (κ1) is 32.6. The van der Waals surface area contributed by atoms with Crippen LogP contribution in [0.3, 0.4) is 0 Å². The Morgan fingerprint density at radius 3 is 2.24 bits per heavy atom. The van der Waals surface area contributed by atoms with Crippen LogP contribution in [0.1, 0.15) is 66.4 Å². The molecule has 1 aromatic carbocycles. The highest BCUT2D eigenvalue weighted by molar-refractivity contribution is 5.87. The molecular weight excluding hydrogens is 580 g/mol. The molecular formula is C35H42O10. The van der Waals surface area contributed by atoms with Gasteiger partial charge >= 0.3 is 23.9 Å². The number of benzene rings is 1. The maximum absolute atomic E-state index is 13.0. The van der Waals surface area contributed by atoms with Crippen LogP contribution in [0.2, 0.25) is 0 Å². The fourth-order valence-corrected chi connectivity index (χ4v) is 8.25. The minimum Gasteiger partial charge on any atom is -0.462 e. The third kappa shape index (κ3) is 5.74. The summed E-state index contributed by atoms with van der Waals surface area (Å²) in [5, 5.41) is 11.8. The summed E-state index contributed by atoms with van der Waals surface area (Å²) in [6.45, 7) is 13.9. The van der Waals surface area contributed by atoms with Gasteiger partial charge in [0.25, 0.3) is 0 Å². The summed E-state index contributed by atoms with van der Waals surface area (Å²) in [7, 11) is 0. The predicted molar refractivity (Wildman–Crippen MR) is 162 cm³/mol. The van der Waals surface area contributed by atoms with Crippen molar-refractivity contribution in [2.45, 2.75) is 91.0 Å². The topological polar surface area (TPSA) is 135 Å². The van der Waals surface area contributed by atoms with Crippen molar-refractivity contribution >= 4 is 30.0 Å². The number of ether oxygens (including phenoxy) is 5. The van der Waals surface area contributed by atoms with E-state index in [0.717, 1.165) is 5.56 Å². The molecule has 5 aliphatic rings. The summed E-state index contributed by atoms with van der Waals surface area (Å²) in [6.07, 6.45) is 0.0508. The fraction of sp³-hybridized carbons (Fsp3) is 0.543. The van der Waals surface area contributed by atoms with E-state index in [2.05, 4.69) is 6.58 Å². The van der Waals surface area contributed by atoms with Crippen LogP contribution in [0, 0.1) is 22.7 Å². The van der Waals surface area contributed by atoms with Crippen molar-refractivity contribution in [1.29, 1.82) is 0 Å². The molecule has 4 bridgehead atoms. The first-order valence-corrected chi connectivity index (χ1v) is 15.3. The summed E-state index contributed by atoms with van der Waals surface area (Å²) in [4.78, 5) is 51.1. The van der Waals surface area contributed by atoms with Crippen LogP contribution in [-0.2, 0) is 42.9 Å². The zero-order chi connectivity index (χ0) is 32.9. The molecule has 242 valence electrons. The lowest BCUT2D eigenvalue weighted by atomic mass is 9.48. The van der Waals surface area contributed by atoms with E-state index < -0.39 is 76.7 Å². The monoisotopic (exact) mass is 622 g/mol. The van der Waals surface area contributed by atoms with Crippen LogP contribution in [0.25, 0.3) is 6.08 Å². The second-order valence-electron chi connectivity index (χ2n) is 13.2. The molecule has 0 unspecified atom stereocenters. The molecule has 6 rings (SSSR count). The van der Waals surface area contributed by atoms with Gasteiger partial charge in [-0.05, 0) is 48.1 Å². The largest absolute Gasteiger partial charge is 0.462 e. The van der Waals surface area contributed by atoms with Gasteiger partial charge in [0.05, 0.1) is 6.61 Å². The summed E-state index contributed by atoms with van der Waals surface area (Å²) in [5.41, 5.74) is 0.503. The van der Waals surface area contributed by atoms with Crippen molar-refractivity contribution in [3.05, 3.63) is 65.3 Å². The maximum atomic E-state index is 13.0. The lowest BCUT2D eigenvalue weighted by Crippen LogP contribution is -2.69. The number of carbonyl (C=O) groups excluding carboxylic acids is 4. The molecule has 45 heavy (non-hydrogen) atoms. The van der Waals surface area contributed by atoms with Crippen molar-refractivity contribution in [2.75, 3.05) is 6.61 Å². The minimum atomic E-state index is -1.73. The van der Waals surface area contributed by atoms with Crippen molar-refractivity contribution < 1.29 is 48.0 Å². The van der Waals surface area contributed by atoms with Gasteiger partial charge in [-0.15, -0.1) is 0 Å². The number of hydrogen-bond donors (Lipinski definition) is 1. The molecule has 1 saturated heterocycles. The molecule has 0 spiro atoms. The Kier molecular flexibility index (Phi) is 8.61. The van der Waals surface area contributed by atoms with E-state index in [9.17, 15) is 24.3 Å². The number of hydrogen-bond acceptors (Lipinski definition) is 10. The summed E-state index contributed by atoms with van der Waals surface area (Å²) in [6, 6.07) is 9.34. The van der Waals surface area contributed by atoms with Gasteiger partial charge in [-0.2, -0.15) is 0 Å². The Morgan fingerprint density at radius 2 is 1.62 bits per heavy atom. The second kappa shape index (κ2) is 11.9. The lowest BCUT2D eigenvalue weighted by Gasteiger charge is -2.64. The minimum absolute atomic E-state index is 0.0434. The second-order valence-corrected chi connectivity index (χ2v) is 13.2. The number of rotatable bonds is 6. The normalized spacial score (nSPS) is 37.3. The van der Waals surface area contributed by atoms with Crippen molar-refractivity contribution in [3.8, 4) is 0 Å². The Hall–Kier alpha value is -3.76. The van der Waals surface area contributed by atoms with Gasteiger partial charge in [0, 0.05) is 55.9 Å². The lowest BCUT2D eigenvalue weighted by molar-refractivity contribution is -0.284. The van der Waals surface area contributed by atoms with Crippen LogP contribution >= 0.6 is 0 Å². The zero-order valence-electron chi connectivity index (χ0n) is 26.7. The van der Waals surface area contributed by atoms with E-state index in [1.54, 1.807) is 13.0 Å². The summed E-state index contributed by atoms with van der Waals surface area (Å²) in [5.74, 6) is -5.25. The number of carbonyl (C=O) groups is 4. The highest BCUT2D eigenvalue weighted by Gasteiger charge is 2.69.